The lowest BCUT2D eigenvalue weighted by atomic mass is 9.76. The van der Waals surface area contributed by atoms with Gasteiger partial charge in [-0.05, 0) is 60.3 Å². The number of nitrogens with one attached hydrogen (secondary N) is 5. The quantitative estimate of drug-likeness (QED) is 0.132. The van der Waals surface area contributed by atoms with Crippen LogP contribution in [-0.2, 0) is 30.5 Å². The van der Waals surface area contributed by atoms with Crippen LogP contribution in [0.5, 0.6) is 0 Å². The Bertz CT molecular complexity index is 1410. The van der Waals surface area contributed by atoms with Gasteiger partial charge in [0.1, 0.15) is 12.1 Å². The number of carbonyl (C=O) groups excluding carboxylic acids is 6. The fourth-order valence-corrected chi connectivity index (χ4v) is 7.78. The molecule has 1 aromatic rings. The van der Waals surface area contributed by atoms with Crippen molar-refractivity contribution >= 4 is 35.4 Å². The van der Waals surface area contributed by atoms with Gasteiger partial charge in [0, 0.05) is 32.1 Å². The van der Waals surface area contributed by atoms with Crippen molar-refractivity contribution in [2.45, 2.75) is 97.8 Å². The maximum absolute atomic E-state index is 14.6. The molecule has 7 unspecified atom stereocenters. The second-order valence-electron chi connectivity index (χ2n) is 15.2. The van der Waals surface area contributed by atoms with Crippen LogP contribution in [0.1, 0.15) is 78.7 Å². The van der Waals surface area contributed by atoms with Crippen LogP contribution in [-0.4, -0.2) is 78.1 Å². The molecule has 4 rings (SSSR count). The normalized spacial score (nSPS) is 24.6. The molecule has 0 radical (unpaired) electrons. The molecule has 6 amide bonds. The molecule has 0 bridgehead atoms. The number of ketones is 1. The van der Waals surface area contributed by atoms with E-state index in [0.29, 0.717) is 51.7 Å². The Balaban J connectivity index is 1.55. The van der Waals surface area contributed by atoms with Crippen molar-refractivity contribution in [3.8, 4) is 0 Å². The summed E-state index contributed by atoms with van der Waals surface area (Å²) in [6.45, 7) is 14.8. The zero-order chi connectivity index (χ0) is 36.6. The third-order valence-electron chi connectivity index (χ3n) is 10.7. The molecule has 2 saturated carbocycles. The molecule has 2 aliphatic carbocycles. The van der Waals surface area contributed by atoms with Crippen molar-refractivity contribution in [3.63, 3.8) is 0 Å². The molecule has 7 atom stereocenters. The Labute approximate surface area is 296 Å². The summed E-state index contributed by atoms with van der Waals surface area (Å²) in [6.07, 6.45) is 4.73. The van der Waals surface area contributed by atoms with Crippen molar-refractivity contribution in [2.75, 3.05) is 19.6 Å². The maximum atomic E-state index is 14.6. The van der Waals surface area contributed by atoms with Gasteiger partial charge in [-0.3, -0.25) is 24.0 Å². The summed E-state index contributed by atoms with van der Waals surface area (Å²) in [7, 11) is 0. The second kappa shape index (κ2) is 17.1. The Kier molecular flexibility index (Phi) is 13.2. The molecule has 274 valence electrons. The Morgan fingerprint density at radius 3 is 2.36 bits per heavy atom. The molecule has 3 fully saturated rings. The average molecular weight is 693 g/mol. The highest BCUT2D eigenvalue weighted by molar-refractivity contribution is 6.38. The minimum atomic E-state index is -1.04. The van der Waals surface area contributed by atoms with E-state index in [4.69, 9.17) is 0 Å². The molecule has 1 saturated heterocycles. The van der Waals surface area contributed by atoms with E-state index in [1.807, 2.05) is 51.1 Å². The maximum Gasteiger partial charge on any atom is 0.315 e. The first kappa shape index (κ1) is 38.6. The first-order valence-electron chi connectivity index (χ1n) is 18.2. The zero-order valence-corrected chi connectivity index (χ0v) is 30.3. The number of rotatable bonds is 16. The van der Waals surface area contributed by atoms with Crippen molar-refractivity contribution in [1.82, 2.24) is 31.5 Å². The first-order chi connectivity index (χ1) is 23.8. The number of nitrogens with zero attached hydrogens (tertiary/aromatic N) is 1. The van der Waals surface area contributed by atoms with Gasteiger partial charge in [0.2, 0.25) is 23.5 Å². The number of likely N-dealkylation sites (tertiary alicyclic amines) is 1. The number of hydrogen-bond donors (Lipinski definition) is 5. The van der Waals surface area contributed by atoms with Gasteiger partial charge in [-0.1, -0.05) is 83.9 Å². The SMILES string of the molecule is C=CCNC(=O)C(=O)C(CCC)NC(=O)C1C2C(CN1C(=O)C(NC(=O)NCC(C)C)C1CCCC(C(=O)NCc3ccccc3)C1)C2(C)C. The fourth-order valence-electron chi connectivity index (χ4n) is 7.78. The monoisotopic (exact) mass is 692 g/mol. The third-order valence-corrected chi connectivity index (χ3v) is 10.7. The van der Waals surface area contributed by atoms with Crippen LogP contribution in [0.2, 0.25) is 0 Å². The van der Waals surface area contributed by atoms with Gasteiger partial charge in [-0.2, -0.15) is 0 Å². The summed E-state index contributed by atoms with van der Waals surface area (Å²) in [5.74, 6) is -3.02. The van der Waals surface area contributed by atoms with E-state index in [-0.39, 0.29) is 59.8 Å². The number of hydrogen-bond acceptors (Lipinski definition) is 6. The minimum absolute atomic E-state index is 0.0664. The summed E-state index contributed by atoms with van der Waals surface area (Å²) >= 11 is 0. The highest BCUT2D eigenvalue weighted by Gasteiger charge is 2.69. The largest absolute Gasteiger partial charge is 0.352 e. The average Bonchev–Trinajstić information content (AvgIpc) is 3.40. The molecule has 12 heteroatoms. The van der Waals surface area contributed by atoms with Crippen LogP contribution in [0, 0.1) is 35.0 Å². The van der Waals surface area contributed by atoms with Crippen LogP contribution in [0.4, 0.5) is 4.79 Å². The van der Waals surface area contributed by atoms with Gasteiger partial charge in [0.25, 0.3) is 5.91 Å². The molecular weight excluding hydrogens is 636 g/mol. The standard InChI is InChI=1S/C38H56N6O6/c1-7-13-28(32(45)35(48)39-18-8-2)42-34(47)31-29-27(38(29,5)6)22-44(31)36(49)30(43-37(50)41-20-23(3)4)25-16-12-17-26(19-25)33(46)40-21-24-14-10-9-11-15-24/h8-11,14-15,23,25-31H,2,7,12-13,16-22H2,1,3-6H3,(H,39,48)(H,40,46)(H,42,47)(H2,41,43,50). The number of amides is 6. The molecule has 12 nitrogen and oxygen atoms in total. The number of piperidine rings is 1. The summed E-state index contributed by atoms with van der Waals surface area (Å²) in [6, 6.07) is 6.31. The number of fused-ring (bicyclic) bond motifs is 1. The minimum Gasteiger partial charge on any atom is -0.352 e. The Morgan fingerprint density at radius 2 is 1.70 bits per heavy atom. The van der Waals surface area contributed by atoms with Crippen molar-refractivity contribution in [1.29, 1.82) is 0 Å². The van der Waals surface area contributed by atoms with E-state index in [1.54, 1.807) is 4.90 Å². The summed E-state index contributed by atoms with van der Waals surface area (Å²) < 4.78 is 0. The molecule has 0 spiro atoms. The number of benzene rings is 1. The molecular formula is C38H56N6O6. The van der Waals surface area contributed by atoms with E-state index in [2.05, 4.69) is 47.0 Å². The second-order valence-corrected chi connectivity index (χ2v) is 15.2. The van der Waals surface area contributed by atoms with E-state index >= 15 is 0 Å². The summed E-state index contributed by atoms with van der Waals surface area (Å²) in [5, 5.41) is 14.1. The third kappa shape index (κ3) is 9.31. The number of carbonyl (C=O) groups is 6. The Hall–Kier alpha value is -4.22. The van der Waals surface area contributed by atoms with Gasteiger partial charge >= 0.3 is 6.03 Å². The highest BCUT2D eigenvalue weighted by atomic mass is 16.2. The van der Waals surface area contributed by atoms with E-state index in [9.17, 15) is 28.8 Å². The lowest BCUT2D eigenvalue weighted by molar-refractivity contribution is -0.145. The molecule has 5 N–H and O–H groups in total. The van der Waals surface area contributed by atoms with Crippen LogP contribution < -0.4 is 26.6 Å². The zero-order valence-electron chi connectivity index (χ0n) is 30.3. The molecule has 1 aliphatic heterocycles. The van der Waals surface area contributed by atoms with E-state index in [0.717, 1.165) is 5.56 Å². The highest BCUT2D eigenvalue weighted by Crippen LogP contribution is 2.65. The van der Waals surface area contributed by atoms with Gasteiger partial charge in [-0.15, -0.1) is 6.58 Å². The van der Waals surface area contributed by atoms with Crippen molar-refractivity contribution in [3.05, 3.63) is 48.6 Å². The lowest BCUT2D eigenvalue weighted by Crippen LogP contribution is -2.60. The van der Waals surface area contributed by atoms with Crippen LogP contribution in [0.15, 0.2) is 43.0 Å². The molecule has 3 aliphatic rings. The number of Topliss-reactive ketones (excluding diaryl/α,β-unsaturated/α-hetero) is 1. The van der Waals surface area contributed by atoms with Gasteiger partial charge in [-0.25, -0.2) is 4.79 Å². The Morgan fingerprint density at radius 1 is 0.980 bits per heavy atom. The van der Waals surface area contributed by atoms with E-state index in [1.165, 1.54) is 6.08 Å². The molecule has 50 heavy (non-hydrogen) atoms. The van der Waals surface area contributed by atoms with Crippen molar-refractivity contribution in [2.24, 2.45) is 35.0 Å². The predicted octanol–water partition coefficient (Wildman–Crippen LogP) is 3.07. The predicted molar refractivity (Wildman–Crippen MR) is 190 cm³/mol. The summed E-state index contributed by atoms with van der Waals surface area (Å²) in [4.78, 5) is 82.4. The van der Waals surface area contributed by atoms with Crippen LogP contribution in [0.3, 0.4) is 0 Å². The van der Waals surface area contributed by atoms with Gasteiger partial charge in [0.15, 0.2) is 0 Å². The fraction of sp³-hybridized carbons (Fsp3) is 0.632. The summed E-state index contributed by atoms with van der Waals surface area (Å²) in [5.41, 5.74) is 0.791. The molecule has 0 aromatic heterocycles. The van der Waals surface area contributed by atoms with Crippen molar-refractivity contribution < 1.29 is 28.8 Å². The van der Waals surface area contributed by atoms with Gasteiger partial charge < -0.3 is 31.5 Å². The topological polar surface area (TPSA) is 166 Å². The van der Waals surface area contributed by atoms with Crippen LogP contribution >= 0.6 is 0 Å². The first-order valence-corrected chi connectivity index (χ1v) is 18.2. The lowest BCUT2D eigenvalue weighted by Gasteiger charge is -2.38. The molecule has 1 heterocycles. The van der Waals surface area contributed by atoms with Crippen LogP contribution in [0.25, 0.3) is 0 Å². The molecule has 1 aromatic carbocycles. The number of urea groups is 1. The smallest absolute Gasteiger partial charge is 0.315 e. The van der Waals surface area contributed by atoms with Gasteiger partial charge in [0.05, 0.1) is 6.04 Å². The van der Waals surface area contributed by atoms with E-state index < -0.39 is 41.8 Å².